The molecule has 3 rings (SSSR count). The predicted octanol–water partition coefficient (Wildman–Crippen LogP) is 3.87. The van der Waals surface area contributed by atoms with Gasteiger partial charge in [0, 0.05) is 22.6 Å². The number of aromatic nitrogens is 1. The average Bonchev–Trinajstić information content (AvgIpc) is 2.90. The molecule has 5 nitrogen and oxygen atoms in total. The van der Waals surface area contributed by atoms with Gasteiger partial charge in [-0.05, 0) is 50.6 Å². The lowest BCUT2D eigenvalue weighted by molar-refractivity contribution is 0.0952. The van der Waals surface area contributed by atoms with Gasteiger partial charge < -0.3 is 9.67 Å². The average molecular weight is 347 g/mol. The van der Waals surface area contributed by atoms with Gasteiger partial charge in [0.25, 0.3) is 5.91 Å². The highest BCUT2D eigenvalue weighted by molar-refractivity contribution is 5.97. The Bertz CT molecular complexity index is 987. The number of amides is 1. The van der Waals surface area contributed by atoms with Gasteiger partial charge in [-0.25, -0.2) is 5.43 Å². The number of rotatable bonds is 4. The van der Waals surface area contributed by atoms with E-state index in [0.29, 0.717) is 0 Å². The number of benzene rings is 2. The monoisotopic (exact) mass is 347 g/mol. The first-order chi connectivity index (χ1) is 12.5. The van der Waals surface area contributed by atoms with E-state index < -0.39 is 5.91 Å². The molecule has 132 valence electrons. The molecule has 0 saturated heterocycles. The van der Waals surface area contributed by atoms with Crippen LogP contribution in [0.4, 0.5) is 0 Å². The summed E-state index contributed by atoms with van der Waals surface area (Å²) in [5, 5.41) is 13.8. The van der Waals surface area contributed by atoms with Crippen molar-refractivity contribution in [1.82, 2.24) is 9.99 Å². The number of para-hydroxylation sites is 2. The van der Waals surface area contributed by atoms with Gasteiger partial charge in [-0.2, -0.15) is 5.10 Å². The van der Waals surface area contributed by atoms with E-state index in [4.69, 9.17) is 0 Å². The van der Waals surface area contributed by atoms with Gasteiger partial charge in [0.15, 0.2) is 0 Å². The first-order valence-corrected chi connectivity index (χ1v) is 8.35. The predicted molar refractivity (Wildman–Crippen MR) is 103 cm³/mol. The lowest BCUT2D eigenvalue weighted by Gasteiger charge is -2.12. The van der Waals surface area contributed by atoms with Crippen molar-refractivity contribution in [2.24, 2.45) is 5.10 Å². The summed E-state index contributed by atoms with van der Waals surface area (Å²) in [6.07, 6.45) is 1.62. The van der Waals surface area contributed by atoms with Crippen molar-refractivity contribution < 1.29 is 9.90 Å². The summed E-state index contributed by atoms with van der Waals surface area (Å²) >= 11 is 0. The Labute approximate surface area is 152 Å². The number of nitrogens with zero attached hydrogens (tertiary/aromatic N) is 2. The number of aromatic hydroxyl groups is 1. The minimum absolute atomic E-state index is 0.0714. The molecule has 3 aromatic rings. The van der Waals surface area contributed by atoms with Gasteiger partial charge in [0.1, 0.15) is 5.75 Å². The van der Waals surface area contributed by atoms with Crippen molar-refractivity contribution in [3.63, 3.8) is 0 Å². The van der Waals surface area contributed by atoms with E-state index in [1.165, 1.54) is 11.6 Å². The van der Waals surface area contributed by atoms with Gasteiger partial charge >= 0.3 is 0 Å². The van der Waals surface area contributed by atoms with Crippen LogP contribution in [0.2, 0.25) is 0 Å². The Balaban J connectivity index is 1.82. The number of hydrogen-bond acceptors (Lipinski definition) is 3. The quantitative estimate of drug-likeness (QED) is 0.556. The number of carbonyl (C=O) groups is 1. The van der Waals surface area contributed by atoms with E-state index in [0.717, 1.165) is 22.6 Å². The van der Waals surface area contributed by atoms with Crippen molar-refractivity contribution in [2.75, 3.05) is 0 Å². The van der Waals surface area contributed by atoms with Crippen molar-refractivity contribution in [2.45, 2.75) is 20.8 Å². The maximum atomic E-state index is 12.1. The van der Waals surface area contributed by atoms with Crippen LogP contribution in [0, 0.1) is 20.8 Å². The Kier molecular flexibility index (Phi) is 4.89. The third kappa shape index (κ3) is 3.37. The summed E-state index contributed by atoms with van der Waals surface area (Å²) < 4.78 is 2.17. The second-order valence-electron chi connectivity index (χ2n) is 6.16. The molecule has 1 amide bonds. The van der Waals surface area contributed by atoms with E-state index in [1.807, 2.05) is 32.0 Å². The molecule has 5 heteroatoms. The van der Waals surface area contributed by atoms with E-state index in [2.05, 4.69) is 34.2 Å². The summed E-state index contributed by atoms with van der Waals surface area (Å²) in [4.78, 5) is 12.1. The fourth-order valence-electron chi connectivity index (χ4n) is 2.99. The summed E-state index contributed by atoms with van der Waals surface area (Å²) in [6, 6.07) is 16.6. The molecule has 0 spiro atoms. The SMILES string of the molecule is Cc1ccccc1-n1c(C)cc(/C=N\NC(=O)c2ccccc2O)c1C. The number of phenols is 1. The van der Waals surface area contributed by atoms with Crippen LogP contribution in [0.5, 0.6) is 5.75 Å². The Hall–Kier alpha value is -3.34. The smallest absolute Gasteiger partial charge is 0.275 e. The molecule has 0 aliphatic rings. The lowest BCUT2D eigenvalue weighted by Crippen LogP contribution is -2.17. The molecular formula is C21H21N3O2. The van der Waals surface area contributed by atoms with Gasteiger partial charge in [-0.15, -0.1) is 0 Å². The van der Waals surface area contributed by atoms with Crippen LogP contribution in [0.15, 0.2) is 59.7 Å². The summed E-state index contributed by atoms with van der Waals surface area (Å²) in [6.45, 7) is 6.14. The van der Waals surface area contributed by atoms with Gasteiger partial charge in [0.05, 0.1) is 11.8 Å². The van der Waals surface area contributed by atoms with Crippen molar-refractivity contribution >= 4 is 12.1 Å². The molecular weight excluding hydrogens is 326 g/mol. The lowest BCUT2D eigenvalue weighted by atomic mass is 10.2. The fourth-order valence-corrected chi connectivity index (χ4v) is 2.99. The van der Waals surface area contributed by atoms with Crippen molar-refractivity contribution in [3.8, 4) is 11.4 Å². The molecule has 0 unspecified atom stereocenters. The molecule has 2 N–H and O–H groups in total. The number of hydrazone groups is 1. The number of aryl methyl sites for hydroxylation is 2. The highest BCUT2D eigenvalue weighted by Crippen LogP contribution is 2.22. The minimum Gasteiger partial charge on any atom is -0.507 e. The summed E-state index contributed by atoms with van der Waals surface area (Å²) in [5.41, 5.74) is 8.00. The standard InChI is InChI=1S/C21H21N3O2/c1-14-8-4-6-10-19(14)24-15(2)12-17(16(24)3)13-22-23-21(26)18-9-5-7-11-20(18)25/h4-13,25H,1-3H3,(H,23,26)/b22-13-. The largest absolute Gasteiger partial charge is 0.507 e. The molecule has 0 saturated carbocycles. The van der Waals surface area contributed by atoms with Gasteiger partial charge in [-0.3, -0.25) is 4.79 Å². The maximum Gasteiger partial charge on any atom is 0.275 e. The van der Waals surface area contributed by atoms with Crippen LogP contribution in [0.1, 0.15) is 32.9 Å². The van der Waals surface area contributed by atoms with E-state index >= 15 is 0 Å². The fraction of sp³-hybridized carbons (Fsp3) is 0.143. The second kappa shape index (κ2) is 7.27. The zero-order valence-electron chi connectivity index (χ0n) is 15.0. The molecule has 0 aliphatic carbocycles. The normalized spacial score (nSPS) is 11.0. The molecule has 2 aromatic carbocycles. The molecule has 0 aliphatic heterocycles. The van der Waals surface area contributed by atoms with Crippen molar-refractivity contribution in [1.29, 1.82) is 0 Å². The number of hydrogen-bond donors (Lipinski definition) is 2. The molecule has 1 aromatic heterocycles. The van der Waals surface area contributed by atoms with Crippen LogP contribution >= 0.6 is 0 Å². The maximum absolute atomic E-state index is 12.1. The van der Waals surface area contributed by atoms with E-state index in [9.17, 15) is 9.90 Å². The molecule has 0 atom stereocenters. The first-order valence-electron chi connectivity index (χ1n) is 8.35. The summed E-state index contributed by atoms with van der Waals surface area (Å²) in [7, 11) is 0. The Morgan fingerprint density at radius 3 is 2.50 bits per heavy atom. The van der Waals surface area contributed by atoms with Crippen LogP contribution in [-0.4, -0.2) is 21.8 Å². The minimum atomic E-state index is -0.452. The topological polar surface area (TPSA) is 66.6 Å². The zero-order valence-corrected chi connectivity index (χ0v) is 15.0. The molecule has 26 heavy (non-hydrogen) atoms. The number of carbonyl (C=O) groups excluding carboxylic acids is 1. The van der Waals surface area contributed by atoms with Crippen LogP contribution in [0.25, 0.3) is 5.69 Å². The first kappa shape index (κ1) is 17.5. The number of nitrogens with one attached hydrogen (secondary N) is 1. The molecule has 0 bridgehead atoms. The molecule has 0 radical (unpaired) electrons. The highest BCUT2D eigenvalue weighted by atomic mass is 16.3. The van der Waals surface area contributed by atoms with E-state index in [1.54, 1.807) is 24.4 Å². The van der Waals surface area contributed by atoms with Crippen molar-refractivity contribution in [3.05, 3.63) is 82.7 Å². The third-order valence-corrected chi connectivity index (χ3v) is 4.35. The molecule has 1 heterocycles. The Morgan fingerprint density at radius 2 is 1.77 bits per heavy atom. The summed E-state index contributed by atoms with van der Waals surface area (Å²) in [5.74, 6) is -0.523. The van der Waals surface area contributed by atoms with E-state index in [-0.39, 0.29) is 11.3 Å². The van der Waals surface area contributed by atoms with Crippen LogP contribution in [0.3, 0.4) is 0 Å². The highest BCUT2D eigenvalue weighted by Gasteiger charge is 2.12. The van der Waals surface area contributed by atoms with Crippen LogP contribution in [-0.2, 0) is 0 Å². The third-order valence-electron chi connectivity index (χ3n) is 4.35. The zero-order chi connectivity index (χ0) is 18.7. The van der Waals surface area contributed by atoms with Crippen LogP contribution < -0.4 is 5.43 Å². The number of phenolic OH excluding ortho intramolecular Hbond substituents is 1. The Morgan fingerprint density at radius 1 is 1.08 bits per heavy atom. The van der Waals surface area contributed by atoms with Gasteiger partial charge in [-0.1, -0.05) is 30.3 Å². The van der Waals surface area contributed by atoms with Gasteiger partial charge in [0.2, 0.25) is 0 Å². The second-order valence-corrected chi connectivity index (χ2v) is 6.16. The molecule has 0 fully saturated rings.